The first-order valence-corrected chi connectivity index (χ1v) is 5.83. The van der Waals surface area contributed by atoms with Crippen LogP contribution in [0.25, 0.3) is 0 Å². The molecule has 2 atom stereocenters. The van der Waals surface area contributed by atoms with Crippen LogP contribution >= 0.6 is 16.1 Å². The summed E-state index contributed by atoms with van der Waals surface area (Å²) < 4.78 is 8.03. The summed E-state index contributed by atoms with van der Waals surface area (Å²) in [6, 6.07) is 0. The minimum absolute atomic E-state index is 0.141. The molecule has 0 aromatic carbocycles. The fourth-order valence-electron chi connectivity index (χ4n) is 2.95. The van der Waals surface area contributed by atoms with Crippen molar-refractivity contribution in [2.45, 2.75) is 31.8 Å². The number of rotatable bonds is 1. The van der Waals surface area contributed by atoms with Crippen molar-refractivity contribution >= 4 is 16.1 Å². The van der Waals surface area contributed by atoms with Gasteiger partial charge in [-0.2, -0.15) is 0 Å². The van der Waals surface area contributed by atoms with Crippen LogP contribution in [0.4, 0.5) is 0 Å². The molecule has 0 radical (unpaired) electrons. The molecule has 2 nitrogen and oxygen atoms in total. The number of nitrogens with zero attached hydrogens (tertiary/aromatic N) is 1. The topological polar surface area (TPSA) is 12.5 Å². The molecule has 2 fully saturated rings. The monoisotopic (exact) mass is 247 g/mol. The maximum atomic E-state index is 5.75. The van der Waals surface area contributed by atoms with E-state index in [2.05, 4.69) is 27.0 Å². The highest BCUT2D eigenvalue weighted by atomic mass is 79.9. The highest BCUT2D eigenvalue weighted by molar-refractivity contribution is 9.07. The van der Waals surface area contributed by atoms with Crippen LogP contribution in [0.5, 0.6) is 0 Å². The van der Waals surface area contributed by atoms with Gasteiger partial charge in [0.05, 0.1) is 5.60 Å². The molecule has 0 N–H and O–H groups in total. The molecule has 2 unspecified atom stereocenters. The number of hydrogen-bond donors (Lipinski definition) is 0. The van der Waals surface area contributed by atoms with Gasteiger partial charge in [-0.3, -0.25) is 0 Å². The Balaban J connectivity index is 2.19. The van der Waals surface area contributed by atoms with E-state index in [0.717, 1.165) is 13.1 Å². The van der Waals surface area contributed by atoms with E-state index in [4.69, 9.17) is 4.74 Å². The number of hydrogen-bond acceptors (Lipinski definition) is 2. The fraction of sp³-hybridized carbons (Fsp3) is 1.00. The molecule has 1 saturated heterocycles. The summed E-state index contributed by atoms with van der Waals surface area (Å²) in [5, 5.41) is 0. The maximum absolute atomic E-state index is 5.75. The van der Waals surface area contributed by atoms with Gasteiger partial charge in [0.15, 0.2) is 0 Å². The summed E-state index contributed by atoms with van der Waals surface area (Å²) in [6.07, 6.45) is 4.03. The Morgan fingerprint density at radius 3 is 2.31 bits per heavy atom. The summed E-state index contributed by atoms with van der Waals surface area (Å²) in [5.41, 5.74) is 0.141. The largest absolute Gasteiger partial charge is 0.378 e. The van der Waals surface area contributed by atoms with Crippen molar-refractivity contribution in [2.24, 2.45) is 11.8 Å². The zero-order valence-electron chi connectivity index (χ0n) is 8.42. The van der Waals surface area contributed by atoms with Crippen molar-refractivity contribution in [3.05, 3.63) is 0 Å². The van der Waals surface area contributed by atoms with Gasteiger partial charge in [-0.05, 0) is 19.8 Å². The summed E-state index contributed by atoms with van der Waals surface area (Å²) in [5.74, 6) is 1.42. The first-order valence-electron chi connectivity index (χ1n) is 5.12. The van der Waals surface area contributed by atoms with Gasteiger partial charge in [0.2, 0.25) is 0 Å². The molecule has 76 valence electrons. The first kappa shape index (κ1) is 9.94. The molecule has 1 aliphatic heterocycles. The third-order valence-corrected chi connectivity index (χ3v) is 4.58. The van der Waals surface area contributed by atoms with Gasteiger partial charge in [-0.1, -0.05) is 6.42 Å². The van der Waals surface area contributed by atoms with E-state index in [0.29, 0.717) is 11.8 Å². The van der Waals surface area contributed by atoms with E-state index in [9.17, 15) is 0 Å². The fourth-order valence-corrected chi connectivity index (χ4v) is 3.65. The lowest BCUT2D eigenvalue weighted by Crippen LogP contribution is -2.57. The molecular formula is C10H18BrNO. The van der Waals surface area contributed by atoms with Crippen LogP contribution in [-0.4, -0.2) is 29.7 Å². The van der Waals surface area contributed by atoms with Crippen LogP contribution in [0.3, 0.4) is 0 Å². The van der Waals surface area contributed by atoms with Gasteiger partial charge >= 0.3 is 0 Å². The Morgan fingerprint density at radius 1 is 1.31 bits per heavy atom. The van der Waals surface area contributed by atoms with Gasteiger partial charge < -0.3 is 4.74 Å². The predicted molar refractivity (Wildman–Crippen MR) is 56.7 cm³/mol. The molecule has 0 spiro atoms. The second kappa shape index (κ2) is 3.52. The average Bonchev–Trinajstić information content (AvgIpc) is 2.08. The van der Waals surface area contributed by atoms with Crippen LogP contribution in [0.15, 0.2) is 0 Å². The number of fused-ring (bicyclic) bond motifs is 2. The standard InChI is InChI=1S/C10H18BrNO/c1-10(13-2)8-4-3-5-9(10)7-12(11)6-8/h8-9H,3-7H2,1-2H3. The summed E-state index contributed by atoms with van der Waals surface area (Å²) >= 11 is 3.60. The van der Waals surface area contributed by atoms with E-state index in [1.807, 2.05) is 7.11 Å². The Hall–Kier alpha value is 0.400. The summed E-state index contributed by atoms with van der Waals surface area (Å²) in [7, 11) is 1.87. The van der Waals surface area contributed by atoms with E-state index >= 15 is 0 Å². The Kier molecular flexibility index (Phi) is 2.69. The van der Waals surface area contributed by atoms with Crippen molar-refractivity contribution in [1.29, 1.82) is 0 Å². The molecule has 0 amide bonds. The van der Waals surface area contributed by atoms with Crippen molar-refractivity contribution in [2.75, 3.05) is 20.2 Å². The first-order chi connectivity index (χ1) is 6.16. The summed E-state index contributed by atoms with van der Waals surface area (Å²) in [6.45, 7) is 4.57. The highest BCUT2D eigenvalue weighted by Crippen LogP contribution is 2.45. The van der Waals surface area contributed by atoms with Crippen LogP contribution in [0, 0.1) is 11.8 Å². The summed E-state index contributed by atoms with van der Waals surface area (Å²) in [4.78, 5) is 0. The smallest absolute Gasteiger partial charge is 0.0731 e. The van der Waals surface area contributed by atoms with Gasteiger partial charge in [-0.25, -0.2) is 3.93 Å². The minimum Gasteiger partial charge on any atom is -0.378 e. The Labute approximate surface area is 89.0 Å². The second-order valence-corrected chi connectivity index (χ2v) is 5.54. The van der Waals surface area contributed by atoms with Crippen LogP contribution in [0.1, 0.15) is 26.2 Å². The lowest BCUT2D eigenvalue weighted by Gasteiger charge is -2.52. The third kappa shape index (κ3) is 1.55. The van der Waals surface area contributed by atoms with Gasteiger partial charge in [0, 0.05) is 48.2 Å². The molecular weight excluding hydrogens is 230 g/mol. The maximum Gasteiger partial charge on any atom is 0.0731 e. The average molecular weight is 248 g/mol. The molecule has 0 aromatic heterocycles. The van der Waals surface area contributed by atoms with Crippen molar-refractivity contribution in [3.8, 4) is 0 Å². The Bertz CT molecular complexity index is 183. The molecule has 3 heteroatoms. The SMILES string of the molecule is COC1(C)C2CCCC1CN(Br)C2. The predicted octanol–water partition coefficient (Wildman–Crippen LogP) is 2.43. The van der Waals surface area contributed by atoms with Gasteiger partial charge in [0.25, 0.3) is 0 Å². The molecule has 1 heterocycles. The second-order valence-electron chi connectivity index (χ2n) is 4.54. The highest BCUT2D eigenvalue weighted by Gasteiger charge is 2.48. The van der Waals surface area contributed by atoms with Crippen molar-refractivity contribution in [1.82, 2.24) is 3.93 Å². The van der Waals surface area contributed by atoms with Crippen LogP contribution in [-0.2, 0) is 4.74 Å². The zero-order chi connectivity index (χ0) is 9.47. The number of ether oxygens (including phenoxy) is 1. The van der Waals surface area contributed by atoms with Crippen LogP contribution < -0.4 is 0 Å². The number of piperidine rings is 1. The molecule has 1 saturated carbocycles. The minimum atomic E-state index is 0.141. The van der Waals surface area contributed by atoms with E-state index < -0.39 is 0 Å². The van der Waals surface area contributed by atoms with E-state index in [1.54, 1.807) is 0 Å². The quantitative estimate of drug-likeness (QED) is 0.661. The molecule has 2 bridgehead atoms. The van der Waals surface area contributed by atoms with Crippen LogP contribution in [0.2, 0.25) is 0 Å². The molecule has 0 aromatic rings. The lowest BCUT2D eigenvalue weighted by atomic mass is 9.67. The Morgan fingerprint density at radius 2 is 1.85 bits per heavy atom. The molecule has 2 aliphatic rings. The lowest BCUT2D eigenvalue weighted by molar-refractivity contribution is -0.135. The van der Waals surface area contributed by atoms with Crippen molar-refractivity contribution < 1.29 is 4.74 Å². The normalized spacial score (nSPS) is 46.4. The van der Waals surface area contributed by atoms with Crippen molar-refractivity contribution in [3.63, 3.8) is 0 Å². The molecule has 1 aliphatic carbocycles. The van der Waals surface area contributed by atoms with Gasteiger partial charge in [0.1, 0.15) is 0 Å². The van der Waals surface area contributed by atoms with E-state index in [-0.39, 0.29) is 5.60 Å². The van der Waals surface area contributed by atoms with E-state index in [1.165, 1.54) is 19.3 Å². The molecule has 13 heavy (non-hydrogen) atoms. The number of halogens is 1. The third-order valence-electron chi connectivity index (χ3n) is 4.00. The zero-order valence-corrected chi connectivity index (χ0v) is 10.0. The molecule has 2 rings (SSSR count). The van der Waals surface area contributed by atoms with Gasteiger partial charge in [-0.15, -0.1) is 0 Å². The number of methoxy groups -OCH3 is 1.